The van der Waals surface area contributed by atoms with Crippen molar-refractivity contribution in [2.24, 2.45) is 5.41 Å². The lowest BCUT2D eigenvalue weighted by Gasteiger charge is -2.25. The molecule has 0 aliphatic rings. The smallest absolute Gasteiger partial charge is 0.223 e. The van der Waals surface area contributed by atoms with Crippen LogP contribution in [0, 0.1) is 9.93 Å². The van der Waals surface area contributed by atoms with Gasteiger partial charge >= 0.3 is 0 Å². The van der Waals surface area contributed by atoms with Crippen molar-refractivity contribution in [2.75, 3.05) is 30.4 Å². The van der Waals surface area contributed by atoms with Crippen LogP contribution < -0.4 is 15.6 Å². The van der Waals surface area contributed by atoms with Crippen LogP contribution in [0.25, 0.3) is 0 Å². The Kier molecular flexibility index (Phi) is 4.31. The molecule has 4 heteroatoms. The molecular weight excluding hydrogens is 232 g/mol. The number of hydrogen-bond donors (Lipinski definition) is 1. The first-order chi connectivity index (χ1) is 7.78. The third-order valence-corrected chi connectivity index (χ3v) is 3.30. The lowest BCUT2D eigenvalue weighted by atomic mass is 9.92. The number of rotatable bonds is 5. The maximum atomic E-state index is 11.7. The van der Waals surface area contributed by atoms with Crippen molar-refractivity contribution in [3.63, 3.8) is 0 Å². The molecule has 0 saturated carbocycles. The van der Waals surface area contributed by atoms with Gasteiger partial charge in [0.1, 0.15) is 10.2 Å². The first-order valence-corrected chi connectivity index (χ1v) is 6.47. The Morgan fingerprint density at radius 1 is 1.35 bits per heavy atom. The largest absolute Gasteiger partial charge is 0.380 e. The summed E-state index contributed by atoms with van der Waals surface area (Å²) in [6.45, 7) is 10.3. The van der Waals surface area contributed by atoms with E-state index in [1.54, 1.807) is 0 Å². The van der Waals surface area contributed by atoms with Crippen molar-refractivity contribution in [3.8, 4) is 0 Å². The molecule has 0 unspecified atom stereocenters. The molecule has 0 aromatic heterocycles. The SMILES string of the molecule is CCN(C)c1c(NCCC(C)(C)C)c(=O)c1=S. The summed E-state index contributed by atoms with van der Waals surface area (Å²) in [4.78, 5) is 13.7. The molecule has 1 N–H and O–H groups in total. The van der Waals surface area contributed by atoms with Crippen LogP contribution in [0.3, 0.4) is 0 Å². The highest BCUT2D eigenvalue weighted by molar-refractivity contribution is 7.71. The molecule has 0 aliphatic carbocycles. The Bertz CT molecular complexity index is 452. The predicted molar refractivity (Wildman–Crippen MR) is 77.4 cm³/mol. The van der Waals surface area contributed by atoms with E-state index in [1.165, 1.54) is 0 Å². The Morgan fingerprint density at radius 2 is 1.94 bits per heavy atom. The van der Waals surface area contributed by atoms with E-state index in [-0.39, 0.29) is 10.8 Å². The van der Waals surface area contributed by atoms with Gasteiger partial charge in [-0.1, -0.05) is 33.0 Å². The molecule has 1 rings (SSSR count). The fourth-order valence-corrected chi connectivity index (χ4v) is 1.99. The summed E-state index contributed by atoms with van der Waals surface area (Å²) in [5.41, 5.74) is 1.87. The second-order valence-corrected chi connectivity index (χ2v) is 6.04. The normalized spacial score (nSPS) is 11.8. The summed E-state index contributed by atoms with van der Waals surface area (Å²) in [5, 5.41) is 3.22. The van der Waals surface area contributed by atoms with E-state index in [0.29, 0.717) is 10.2 Å². The van der Waals surface area contributed by atoms with Crippen LogP contribution in [-0.4, -0.2) is 20.1 Å². The molecule has 0 bridgehead atoms. The van der Waals surface area contributed by atoms with Gasteiger partial charge in [0.15, 0.2) is 0 Å². The van der Waals surface area contributed by atoms with Crippen LogP contribution >= 0.6 is 12.2 Å². The fourth-order valence-electron chi connectivity index (χ4n) is 1.63. The molecule has 0 saturated heterocycles. The summed E-state index contributed by atoms with van der Waals surface area (Å²) in [7, 11) is 1.96. The van der Waals surface area contributed by atoms with Crippen molar-refractivity contribution in [3.05, 3.63) is 14.7 Å². The Morgan fingerprint density at radius 3 is 2.41 bits per heavy atom. The van der Waals surface area contributed by atoms with Gasteiger partial charge in [-0.2, -0.15) is 0 Å². The zero-order valence-electron chi connectivity index (χ0n) is 11.4. The zero-order chi connectivity index (χ0) is 13.2. The first-order valence-electron chi connectivity index (χ1n) is 6.06. The fraction of sp³-hybridized carbons (Fsp3) is 0.692. The summed E-state index contributed by atoms with van der Waals surface area (Å²) >= 11 is 5.08. The molecule has 96 valence electrons. The van der Waals surface area contributed by atoms with Crippen molar-refractivity contribution in [1.29, 1.82) is 0 Å². The van der Waals surface area contributed by atoms with Gasteiger partial charge in [-0.15, -0.1) is 0 Å². The van der Waals surface area contributed by atoms with Crippen LogP contribution in [0.5, 0.6) is 0 Å². The average Bonchev–Trinajstić information content (AvgIpc) is 2.25. The average molecular weight is 254 g/mol. The minimum Gasteiger partial charge on any atom is -0.380 e. The van der Waals surface area contributed by atoms with Crippen molar-refractivity contribution >= 4 is 23.6 Å². The second-order valence-electron chi connectivity index (χ2n) is 5.63. The monoisotopic (exact) mass is 254 g/mol. The molecule has 3 nitrogen and oxygen atoms in total. The molecule has 17 heavy (non-hydrogen) atoms. The van der Waals surface area contributed by atoms with E-state index in [1.807, 2.05) is 18.9 Å². The minimum atomic E-state index is -0.00999. The van der Waals surface area contributed by atoms with Crippen LogP contribution in [-0.2, 0) is 0 Å². The molecule has 1 aromatic carbocycles. The Balaban J connectivity index is 2.70. The zero-order valence-corrected chi connectivity index (χ0v) is 12.2. The summed E-state index contributed by atoms with van der Waals surface area (Å²) in [5.74, 6) is 0. The van der Waals surface area contributed by atoms with Gasteiger partial charge in [0.2, 0.25) is 5.43 Å². The van der Waals surface area contributed by atoms with E-state index in [2.05, 4.69) is 26.1 Å². The van der Waals surface area contributed by atoms with Gasteiger partial charge in [0.05, 0.1) is 5.69 Å². The second kappa shape index (κ2) is 5.17. The predicted octanol–water partition coefficient (Wildman–Crippen LogP) is 2.96. The molecule has 0 radical (unpaired) electrons. The van der Waals surface area contributed by atoms with Gasteiger partial charge in [0.25, 0.3) is 0 Å². The van der Waals surface area contributed by atoms with Crippen LogP contribution in [0.2, 0.25) is 0 Å². The van der Waals surface area contributed by atoms with Gasteiger partial charge in [-0.3, -0.25) is 4.79 Å². The van der Waals surface area contributed by atoms with Crippen LogP contribution in [0.15, 0.2) is 4.79 Å². The van der Waals surface area contributed by atoms with Crippen molar-refractivity contribution < 1.29 is 0 Å². The molecule has 0 fully saturated rings. The Labute approximate surface area is 109 Å². The van der Waals surface area contributed by atoms with E-state index < -0.39 is 0 Å². The molecule has 1 aromatic rings. The topological polar surface area (TPSA) is 32.3 Å². The quantitative estimate of drug-likeness (QED) is 0.819. The number of hydrogen-bond acceptors (Lipinski definition) is 4. The summed E-state index contributed by atoms with van der Waals surface area (Å²) in [6, 6.07) is 0. The van der Waals surface area contributed by atoms with Crippen molar-refractivity contribution in [2.45, 2.75) is 34.1 Å². The van der Waals surface area contributed by atoms with Crippen LogP contribution in [0.4, 0.5) is 11.4 Å². The Hall–Kier alpha value is -0.900. The molecule has 0 aliphatic heterocycles. The summed E-state index contributed by atoms with van der Waals surface area (Å²) < 4.78 is 0.465. The minimum absolute atomic E-state index is 0.00999. The van der Waals surface area contributed by atoms with Gasteiger partial charge in [-0.25, -0.2) is 0 Å². The number of anilines is 2. The molecule has 0 spiro atoms. The highest BCUT2D eigenvalue weighted by atomic mass is 32.1. The summed E-state index contributed by atoms with van der Waals surface area (Å²) in [6.07, 6.45) is 1.03. The van der Waals surface area contributed by atoms with Gasteiger partial charge in [-0.05, 0) is 18.8 Å². The molecular formula is C13H22N2OS. The van der Waals surface area contributed by atoms with E-state index in [4.69, 9.17) is 12.2 Å². The first kappa shape index (κ1) is 14.2. The molecule has 0 atom stereocenters. The maximum absolute atomic E-state index is 11.7. The van der Waals surface area contributed by atoms with Crippen molar-refractivity contribution in [1.82, 2.24) is 0 Å². The maximum Gasteiger partial charge on any atom is 0.223 e. The lowest BCUT2D eigenvalue weighted by molar-refractivity contribution is 0.389. The van der Waals surface area contributed by atoms with Gasteiger partial charge < -0.3 is 10.2 Å². The van der Waals surface area contributed by atoms with Crippen LogP contribution in [0.1, 0.15) is 34.1 Å². The third kappa shape index (κ3) is 3.28. The number of nitrogens with zero attached hydrogens (tertiary/aromatic N) is 1. The van der Waals surface area contributed by atoms with E-state index in [9.17, 15) is 4.79 Å². The molecule has 0 heterocycles. The lowest BCUT2D eigenvalue weighted by Crippen LogP contribution is -2.29. The third-order valence-electron chi connectivity index (χ3n) is 2.92. The van der Waals surface area contributed by atoms with Gasteiger partial charge in [0, 0.05) is 20.1 Å². The molecule has 0 amide bonds. The highest BCUT2D eigenvalue weighted by Crippen LogP contribution is 2.27. The highest BCUT2D eigenvalue weighted by Gasteiger charge is 2.20. The number of nitrogens with one attached hydrogen (secondary N) is 1. The van der Waals surface area contributed by atoms with E-state index in [0.717, 1.165) is 25.2 Å². The standard InChI is InChI=1S/C13H22N2OS/c1-6-15(5)10-9(11(16)12(10)17)14-8-7-13(2,3)4/h14H,6-8H2,1-5H3. The van der Waals surface area contributed by atoms with E-state index >= 15 is 0 Å².